The van der Waals surface area contributed by atoms with E-state index in [-0.39, 0.29) is 12.5 Å². The summed E-state index contributed by atoms with van der Waals surface area (Å²) < 4.78 is 0. The van der Waals surface area contributed by atoms with Gasteiger partial charge < -0.3 is 16.0 Å². The topological polar surface area (TPSA) is 78.4 Å². The molecule has 0 unspecified atom stereocenters. The fourth-order valence-corrected chi connectivity index (χ4v) is 2.94. The van der Waals surface area contributed by atoms with Crippen molar-refractivity contribution >= 4 is 28.9 Å². The summed E-state index contributed by atoms with van der Waals surface area (Å²) in [7, 11) is 0. The predicted octanol–water partition coefficient (Wildman–Crippen LogP) is 2.96. The maximum absolute atomic E-state index is 12.0. The fraction of sp³-hybridized carbons (Fsp3) is 0.389. The van der Waals surface area contributed by atoms with E-state index in [1.807, 2.05) is 37.3 Å². The lowest BCUT2D eigenvalue weighted by Gasteiger charge is -2.10. The van der Waals surface area contributed by atoms with Crippen LogP contribution in [0.1, 0.15) is 37.4 Å². The number of anilines is 1. The van der Waals surface area contributed by atoms with Crippen molar-refractivity contribution in [3.05, 3.63) is 46.4 Å². The van der Waals surface area contributed by atoms with Crippen molar-refractivity contribution in [3.63, 3.8) is 0 Å². The Morgan fingerprint density at radius 3 is 2.64 bits per heavy atom. The van der Waals surface area contributed by atoms with Crippen LogP contribution >= 0.6 is 11.3 Å². The molecule has 1 amide bonds. The Bertz CT molecular complexity index is 697. The maximum Gasteiger partial charge on any atom is 0.246 e. The minimum atomic E-state index is -0.153. The monoisotopic (exact) mass is 359 g/mol. The van der Waals surface area contributed by atoms with E-state index < -0.39 is 0 Å². The zero-order chi connectivity index (χ0) is 18.1. The number of nitrogens with zero attached hydrogens (tertiary/aromatic N) is 2. The van der Waals surface area contributed by atoms with Gasteiger partial charge in [-0.3, -0.25) is 4.79 Å². The van der Waals surface area contributed by atoms with E-state index in [1.165, 1.54) is 0 Å². The van der Waals surface area contributed by atoms with E-state index in [0.29, 0.717) is 18.4 Å². The van der Waals surface area contributed by atoms with Crippen molar-refractivity contribution in [2.75, 3.05) is 18.4 Å². The van der Waals surface area contributed by atoms with Crippen LogP contribution in [-0.4, -0.2) is 29.9 Å². The largest absolute Gasteiger partial charge is 0.357 e. The minimum absolute atomic E-state index is 0.0549. The van der Waals surface area contributed by atoms with Gasteiger partial charge in [0, 0.05) is 17.6 Å². The van der Waals surface area contributed by atoms with Crippen LogP contribution in [0.2, 0.25) is 0 Å². The molecule has 0 aliphatic heterocycles. The first kappa shape index (κ1) is 18.9. The molecule has 1 aromatic carbocycles. The smallest absolute Gasteiger partial charge is 0.246 e. The van der Waals surface area contributed by atoms with Crippen molar-refractivity contribution in [3.8, 4) is 0 Å². The highest BCUT2D eigenvalue weighted by Crippen LogP contribution is 2.17. The number of hydrogen-bond donors (Lipinski definition) is 3. The Balaban J connectivity index is 1.87. The van der Waals surface area contributed by atoms with Gasteiger partial charge in [-0.25, -0.2) is 9.98 Å². The van der Waals surface area contributed by atoms with Crippen LogP contribution in [0.25, 0.3) is 0 Å². The number of rotatable bonds is 7. The minimum Gasteiger partial charge on any atom is -0.357 e. The average Bonchev–Trinajstić information content (AvgIpc) is 3.07. The van der Waals surface area contributed by atoms with Crippen molar-refractivity contribution in [2.24, 2.45) is 4.99 Å². The number of aliphatic imine (C=N–C) groups is 1. The molecule has 0 aliphatic carbocycles. The molecule has 134 valence electrons. The lowest BCUT2D eigenvalue weighted by Crippen LogP contribution is -2.37. The molecule has 0 radical (unpaired) electrons. The molecule has 0 atom stereocenters. The Morgan fingerprint density at radius 2 is 2.00 bits per heavy atom. The Kier molecular flexibility index (Phi) is 7.40. The van der Waals surface area contributed by atoms with Gasteiger partial charge in [-0.05, 0) is 25.0 Å². The van der Waals surface area contributed by atoms with E-state index in [2.05, 4.69) is 45.2 Å². The summed E-state index contributed by atoms with van der Waals surface area (Å²) >= 11 is 1.63. The van der Waals surface area contributed by atoms with Gasteiger partial charge in [0.2, 0.25) is 5.91 Å². The summed E-state index contributed by atoms with van der Waals surface area (Å²) in [5.41, 5.74) is 1.87. The third kappa shape index (κ3) is 6.54. The average molecular weight is 359 g/mol. The summed E-state index contributed by atoms with van der Waals surface area (Å²) in [5.74, 6) is 0.875. The molecule has 6 nitrogen and oxygen atoms in total. The van der Waals surface area contributed by atoms with E-state index in [9.17, 15) is 4.79 Å². The van der Waals surface area contributed by atoms with E-state index in [4.69, 9.17) is 0 Å². The molecule has 0 bridgehead atoms. The number of para-hydroxylation sites is 1. The Hall–Kier alpha value is -2.41. The number of guanidine groups is 1. The number of amides is 1. The first-order valence-corrected chi connectivity index (χ1v) is 9.27. The van der Waals surface area contributed by atoms with Gasteiger partial charge >= 0.3 is 0 Å². The first-order chi connectivity index (χ1) is 12.1. The molecule has 3 N–H and O–H groups in total. The summed E-state index contributed by atoms with van der Waals surface area (Å²) in [6, 6.07) is 9.36. The van der Waals surface area contributed by atoms with Crippen LogP contribution in [-0.2, 0) is 11.3 Å². The molecule has 25 heavy (non-hydrogen) atoms. The molecule has 1 aromatic heterocycles. The van der Waals surface area contributed by atoms with Crippen molar-refractivity contribution in [1.82, 2.24) is 15.6 Å². The molecule has 0 spiro atoms. The second-order valence-corrected chi connectivity index (χ2v) is 6.73. The van der Waals surface area contributed by atoms with E-state index in [1.54, 1.807) is 11.3 Å². The van der Waals surface area contributed by atoms with Crippen LogP contribution in [0.5, 0.6) is 0 Å². The number of thiazole rings is 1. The fourth-order valence-electron chi connectivity index (χ4n) is 2.05. The summed E-state index contributed by atoms with van der Waals surface area (Å²) in [4.78, 5) is 20.9. The van der Waals surface area contributed by atoms with E-state index in [0.717, 1.165) is 22.9 Å². The highest BCUT2D eigenvalue weighted by molar-refractivity contribution is 7.09. The first-order valence-electron chi connectivity index (χ1n) is 8.40. The van der Waals surface area contributed by atoms with Gasteiger partial charge in [-0.15, -0.1) is 11.3 Å². The number of benzene rings is 1. The molecule has 2 aromatic rings. The van der Waals surface area contributed by atoms with Crippen molar-refractivity contribution < 1.29 is 4.79 Å². The van der Waals surface area contributed by atoms with Gasteiger partial charge in [0.1, 0.15) is 11.6 Å². The standard InChI is InChI=1S/C18H25N5OS/c1-4-19-18(21-11-17-23-15(12-25-17)13(2)3)20-10-16(24)22-14-8-6-5-7-9-14/h5-9,12-13H,4,10-11H2,1-3H3,(H,22,24)(H2,19,20,21). The number of nitrogens with one attached hydrogen (secondary N) is 3. The van der Waals surface area contributed by atoms with Crippen LogP contribution in [0.15, 0.2) is 40.7 Å². The molecular weight excluding hydrogens is 334 g/mol. The third-order valence-corrected chi connectivity index (χ3v) is 4.22. The third-order valence-electron chi connectivity index (χ3n) is 3.35. The highest BCUT2D eigenvalue weighted by atomic mass is 32.1. The molecule has 0 fully saturated rings. The molecule has 0 aliphatic rings. The second kappa shape index (κ2) is 9.78. The second-order valence-electron chi connectivity index (χ2n) is 5.78. The van der Waals surface area contributed by atoms with Gasteiger partial charge in [-0.2, -0.15) is 0 Å². The molecule has 7 heteroatoms. The van der Waals surface area contributed by atoms with Crippen LogP contribution in [0.3, 0.4) is 0 Å². The quantitative estimate of drug-likeness (QED) is 0.525. The molecular formula is C18H25N5OS. The van der Waals surface area contributed by atoms with Gasteiger partial charge in [0.25, 0.3) is 0 Å². The van der Waals surface area contributed by atoms with Crippen molar-refractivity contribution in [2.45, 2.75) is 33.2 Å². The molecule has 2 rings (SSSR count). The molecule has 0 saturated carbocycles. The zero-order valence-corrected chi connectivity index (χ0v) is 15.7. The van der Waals surface area contributed by atoms with Crippen LogP contribution in [0.4, 0.5) is 5.69 Å². The van der Waals surface area contributed by atoms with E-state index >= 15 is 0 Å². The summed E-state index contributed by atoms with van der Waals surface area (Å²) in [6.07, 6.45) is 0. The molecule has 0 saturated heterocycles. The number of carbonyl (C=O) groups excluding carboxylic acids is 1. The lowest BCUT2D eigenvalue weighted by atomic mass is 10.2. The van der Waals surface area contributed by atoms with Gasteiger partial charge in [0.05, 0.1) is 12.2 Å². The number of hydrogen-bond acceptors (Lipinski definition) is 4. The Morgan fingerprint density at radius 1 is 1.24 bits per heavy atom. The molecule has 1 heterocycles. The van der Waals surface area contributed by atoms with Gasteiger partial charge in [-0.1, -0.05) is 32.0 Å². The van der Waals surface area contributed by atoms with Crippen LogP contribution < -0.4 is 16.0 Å². The Labute approximate surface area is 152 Å². The number of aromatic nitrogens is 1. The zero-order valence-electron chi connectivity index (χ0n) is 14.9. The van der Waals surface area contributed by atoms with Gasteiger partial charge in [0.15, 0.2) is 5.96 Å². The predicted molar refractivity (Wildman–Crippen MR) is 104 cm³/mol. The lowest BCUT2D eigenvalue weighted by molar-refractivity contribution is -0.114. The normalized spacial score (nSPS) is 11.4. The SMILES string of the molecule is CCNC(=NCC(=O)Nc1ccccc1)NCc1nc(C(C)C)cs1. The summed E-state index contributed by atoms with van der Waals surface area (Å²) in [5, 5.41) is 12.3. The van der Waals surface area contributed by atoms with Crippen LogP contribution in [0, 0.1) is 0 Å². The number of carbonyl (C=O) groups is 1. The summed E-state index contributed by atoms with van der Waals surface area (Å²) in [6.45, 7) is 7.61. The van der Waals surface area contributed by atoms with Crippen molar-refractivity contribution in [1.29, 1.82) is 0 Å². The maximum atomic E-state index is 12.0. The highest BCUT2D eigenvalue weighted by Gasteiger charge is 2.07.